The highest BCUT2D eigenvalue weighted by molar-refractivity contribution is 5.72. The molecule has 0 aromatic rings. The summed E-state index contributed by atoms with van der Waals surface area (Å²) in [5.41, 5.74) is 0.572. The molecular formula is C9H12O2. The fraction of sp³-hybridized carbons (Fsp3) is 0.889. The molecule has 11 heavy (non-hydrogen) atoms. The van der Waals surface area contributed by atoms with Crippen molar-refractivity contribution in [1.29, 1.82) is 0 Å². The molecule has 0 heterocycles. The van der Waals surface area contributed by atoms with Gasteiger partial charge in [-0.2, -0.15) is 0 Å². The Balaban J connectivity index is 1.78. The molecule has 4 unspecified atom stereocenters. The third-order valence-corrected chi connectivity index (χ3v) is 4.45. The maximum Gasteiger partial charge on any atom is 0.306 e. The Hall–Kier alpha value is -0.530. The lowest BCUT2D eigenvalue weighted by Gasteiger charge is -2.73. The van der Waals surface area contributed by atoms with Gasteiger partial charge in [0.1, 0.15) is 0 Å². The van der Waals surface area contributed by atoms with Crippen LogP contribution < -0.4 is 0 Å². The number of carboxylic acids is 1. The molecule has 0 amide bonds. The van der Waals surface area contributed by atoms with E-state index in [0.29, 0.717) is 11.3 Å². The van der Waals surface area contributed by atoms with Crippen molar-refractivity contribution in [3.63, 3.8) is 0 Å². The van der Waals surface area contributed by atoms with Crippen molar-refractivity contribution in [3.8, 4) is 0 Å². The summed E-state index contributed by atoms with van der Waals surface area (Å²) in [6.45, 7) is 0. The number of carboxylic acid groups (broad SMARTS) is 1. The van der Waals surface area contributed by atoms with Crippen LogP contribution in [-0.4, -0.2) is 11.1 Å². The van der Waals surface area contributed by atoms with Crippen LogP contribution in [0.1, 0.15) is 25.7 Å². The van der Waals surface area contributed by atoms with Gasteiger partial charge in [-0.15, -0.1) is 0 Å². The summed E-state index contributed by atoms with van der Waals surface area (Å²) in [6, 6.07) is 0. The summed E-state index contributed by atoms with van der Waals surface area (Å²) < 4.78 is 0. The molecule has 0 radical (unpaired) electrons. The van der Waals surface area contributed by atoms with E-state index in [9.17, 15) is 4.79 Å². The average Bonchev–Trinajstić information content (AvgIpc) is 1.83. The minimum absolute atomic E-state index is 0.0338. The van der Waals surface area contributed by atoms with Crippen molar-refractivity contribution in [3.05, 3.63) is 0 Å². The predicted molar refractivity (Wildman–Crippen MR) is 39.0 cm³/mol. The third kappa shape index (κ3) is 0.445. The molecule has 0 aromatic carbocycles. The molecular weight excluding hydrogens is 140 g/mol. The van der Waals surface area contributed by atoms with Crippen LogP contribution in [0.5, 0.6) is 0 Å². The van der Waals surface area contributed by atoms with E-state index < -0.39 is 5.97 Å². The second-order valence-electron chi connectivity index (χ2n) is 4.46. The van der Waals surface area contributed by atoms with Gasteiger partial charge >= 0.3 is 5.97 Å². The lowest BCUT2D eigenvalue weighted by Crippen LogP contribution is -2.68. The first kappa shape index (κ1) is 6.04. The van der Waals surface area contributed by atoms with E-state index in [-0.39, 0.29) is 5.92 Å². The first-order valence-corrected chi connectivity index (χ1v) is 4.47. The van der Waals surface area contributed by atoms with Gasteiger partial charge < -0.3 is 5.11 Å². The lowest BCUT2D eigenvalue weighted by molar-refractivity contribution is -0.254. The second kappa shape index (κ2) is 1.47. The molecule has 0 aromatic heterocycles. The predicted octanol–water partition coefficient (Wildman–Crippen LogP) is 1.51. The highest BCUT2D eigenvalue weighted by Gasteiger charge is 2.71. The Kier molecular flexibility index (Phi) is 0.809. The van der Waals surface area contributed by atoms with E-state index in [4.69, 9.17) is 5.11 Å². The summed E-state index contributed by atoms with van der Waals surface area (Å²) in [7, 11) is 0. The van der Waals surface area contributed by atoms with Crippen molar-refractivity contribution in [2.75, 3.05) is 0 Å². The first-order valence-electron chi connectivity index (χ1n) is 4.47. The zero-order valence-electron chi connectivity index (χ0n) is 6.42. The maximum absolute atomic E-state index is 10.6. The van der Waals surface area contributed by atoms with Gasteiger partial charge in [0.15, 0.2) is 0 Å². The van der Waals surface area contributed by atoms with Gasteiger partial charge in [0.2, 0.25) is 0 Å². The van der Waals surface area contributed by atoms with Crippen molar-refractivity contribution < 1.29 is 9.90 Å². The molecule has 0 aliphatic heterocycles. The minimum Gasteiger partial charge on any atom is -0.481 e. The Morgan fingerprint density at radius 3 is 2.64 bits per heavy atom. The molecule has 60 valence electrons. The van der Waals surface area contributed by atoms with E-state index in [0.717, 1.165) is 12.3 Å². The van der Waals surface area contributed by atoms with Crippen LogP contribution in [0.4, 0.5) is 0 Å². The van der Waals surface area contributed by atoms with E-state index >= 15 is 0 Å². The molecule has 0 bridgehead atoms. The molecule has 3 rings (SSSR count). The summed E-state index contributed by atoms with van der Waals surface area (Å²) >= 11 is 0. The zero-order chi connectivity index (χ0) is 7.64. The van der Waals surface area contributed by atoms with Crippen LogP contribution in [-0.2, 0) is 4.79 Å². The number of carbonyl (C=O) groups is 1. The van der Waals surface area contributed by atoms with E-state index in [1.54, 1.807) is 0 Å². The average molecular weight is 152 g/mol. The summed E-state index contributed by atoms with van der Waals surface area (Å²) in [5.74, 6) is 0.999. The molecule has 1 spiro atoms. The smallest absolute Gasteiger partial charge is 0.306 e. The quantitative estimate of drug-likeness (QED) is 0.618. The largest absolute Gasteiger partial charge is 0.481 e. The van der Waals surface area contributed by atoms with Gasteiger partial charge in [-0.05, 0) is 42.9 Å². The standard InChI is InChI=1S/C9H12O2/c10-8(11)6-4-9-2-1-5(9)3-7(6)9/h5-7H,1-4H2,(H,10,11). The topological polar surface area (TPSA) is 37.3 Å². The van der Waals surface area contributed by atoms with Gasteiger partial charge in [-0.25, -0.2) is 0 Å². The second-order valence-corrected chi connectivity index (χ2v) is 4.46. The van der Waals surface area contributed by atoms with Gasteiger partial charge in [0.05, 0.1) is 5.92 Å². The van der Waals surface area contributed by atoms with Crippen molar-refractivity contribution in [2.24, 2.45) is 23.2 Å². The number of hydrogen-bond donors (Lipinski definition) is 1. The number of rotatable bonds is 1. The fourth-order valence-electron chi connectivity index (χ4n) is 3.58. The Bertz CT molecular complexity index is 236. The van der Waals surface area contributed by atoms with Crippen LogP contribution in [0.15, 0.2) is 0 Å². The summed E-state index contributed by atoms with van der Waals surface area (Å²) in [5, 5.41) is 8.78. The minimum atomic E-state index is -0.550. The van der Waals surface area contributed by atoms with Crippen molar-refractivity contribution in [2.45, 2.75) is 25.7 Å². The fourth-order valence-corrected chi connectivity index (χ4v) is 3.58. The molecule has 4 atom stereocenters. The lowest BCUT2D eigenvalue weighted by atomic mass is 9.30. The maximum atomic E-state index is 10.6. The molecule has 0 saturated heterocycles. The van der Waals surface area contributed by atoms with Crippen LogP contribution in [0.25, 0.3) is 0 Å². The molecule has 3 fully saturated rings. The highest BCUT2D eigenvalue weighted by Crippen LogP contribution is 2.76. The number of hydrogen-bond acceptors (Lipinski definition) is 1. The van der Waals surface area contributed by atoms with E-state index in [1.807, 2.05) is 0 Å². The van der Waals surface area contributed by atoms with Crippen molar-refractivity contribution >= 4 is 5.97 Å². The van der Waals surface area contributed by atoms with Crippen molar-refractivity contribution in [1.82, 2.24) is 0 Å². The number of aliphatic carboxylic acids is 1. The molecule has 2 nitrogen and oxygen atoms in total. The van der Waals surface area contributed by atoms with Gasteiger partial charge in [0.25, 0.3) is 0 Å². The normalized spacial score (nSPS) is 57.6. The molecule has 3 aliphatic carbocycles. The summed E-state index contributed by atoms with van der Waals surface area (Å²) in [6.07, 6.45) is 4.92. The van der Waals surface area contributed by atoms with Gasteiger partial charge in [-0.1, -0.05) is 0 Å². The Morgan fingerprint density at radius 2 is 2.36 bits per heavy atom. The van der Waals surface area contributed by atoms with Crippen LogP contribution in [0, 0.1) is 23.2 Å². The Labute approximate surface area is 65.6 Å². The zero-order valence-corrected chi connectivity index (χ0v) is 6.42. The molecule has 3 aliphatic rings. The summed E-state index contributed by atoms with van der Waals surface area (Å²) in [4.78, 5) is 10.6. The van der Waals surface area contributed by atoms with E-state index in [2.05, 4.69) is 0 Å². The van der Waals surface area contributed by atoms with Gasteiger partial charge in [0, 0.05) is 0 Å². The SMILES string of the molecule is O=C(O)C1CC23CCC2CC13. The van der Waals surface area contributed by atoms with Crippen LogP contribution >= 0.6 is 0 Å². The molecule has 1 N–H and O–H groups in total. The monoisotopic (exact) mass is 152 g/mol. The highest BCUT2D eigenvalue weighted by atomic mass is 16.4. The van der Waals surface area contributed by atoms with Gasteiger partial charge in [-0.3, -0.25) is 4.79 Å². The first-order chi connectivity index (χ1) is 5.24. The van der Waals surface area contributed by atoms with E-state index in [1.165, 1.54) is 19.3 Å². The Morgan fingerprint density at radius 1 is 1.55 bits per heavy atom. The van der Waals surface area contributed by atoms with Crippen LogP contribution in [0.2, 0.25) is 0 Å². The molecule has 2 heteroatoms. The molecule has 3 saturated carbocycles. The third-order valence-electron chi connectivity index (χ3n) is 4.45. The van der Waals surface area contributed by atoms with Crippen LogP contribution in [0.3, 0.4) is 0 Å².